The number of nitrogens with one attached hydrogen (secondary N) is 2. The molecular formula is C20H17Cl2N3O3S2. The third kappa shape index (κ3) is 6.37. The van der Waals surface area contributed by atoms with Crippen molar-refractivity contribution in [3.63, 3.8) is 0 Å². The lowest BCUT2D eigenvalue weighted by Gasteiger charge is -2.09. The molecule has 3 aromatic rings. The summed E-state index contributed by atoms with van der Waals surface area (Å²) >= 11 is 13.3. The van der Waals surface area contributed by atoms with Crippen molar-refractivity contribution in [1.29, 1.82) is 0 Å². The number of pyridine rings is 1. The fraction of sp³-hybridized carbons (Fsp3) is 0.100. The van der Waals surface area contributed by atoms with Crippen molar-refractivity contribution in [2.45, 2.75) is 10.6 Å². The zero-order valence-corrected chi connectivity index (χ0v) is 18.7. The van der Waals surface area contributed by atoms with Crippen LogP contribution < -0.4 is 10.0 Å². The van der Waals surface area contributed by atoms with Crippen LogP contribution in [0.2, 0.25) is 10.0 Å². The lowest BCUT2D eigenvalue weighted by molar-refractivity contribution is -0.113. The summed E-state index contributed by atoms with van der Waals surface area (Å²) in [6, 6.07) is 14.5. The Balaban J connectivity index is 1.52. The second-order valence-electron chi connectivity index (χ2n) is 6.16. The average molecular weight is 482 g/mol. The Morgan fingerprint density at radius 3 is 2.43 bits per heavy atom. The van der Waals surface area contributed by atoms with Crippen LogP contribution in [0.4, 0.5) is 11.4 Å². The minimum Gasteiger partial charge on any atom is -0.325 e. The SMILES string of the molecule is O=C(CSCc1ccc(Cl)c(Cl)c1)Nc1ccc(S(=O)(=O)Nc2cccnc2)cc1. The molecule has 1 heterocycles. The van der Waals surface area contributed by atoms with Crippen molar-refractivity contribution in [3.05, 3.63) is 82.6 Å². The maximum atomic E-state index is 12.4. The molecule has 0 unspecified atom stereocenters. The summed E-state index contributed by atoms with van der Waals surface area (Å²) in [5.74, 6) is 0.661. The highest BCUT2D eigenvalue weighted by Gasteiger charge is 2.14. The number of aromatic nitrogens is 1. The van der Waals surface area contributed by atoms with E-state index < -0.39 is 10.0 Å². The zero-order valence-electron chi connectivity index (χ0n) is 15.5. The van der Waals surface area contributed by atoms with Gasteiger partial charge in [0.1, 0.15) is 0 Å². The van der Waals surface area contributed by atoms with Crippen LogP contribution in [0, 0.1) is 0 Å². The van der Waals surface area contributed by atoms with E-state index in [4.69, 9.17) is 23.2 Å². The van der Waals surface area contributed by atoms with Crippen LogP contribution in [0.5, 0.6) is 0 Å². The molecule has 1 amide bonds. The maximum Gasteiger partial charge on any atom is 0.261 e. The van der Waals surface area contributed by atoms with Crippen molar-refractivity contribution < 1.29 is 13.2 Å². The van der Waals surface area contributed by atoms with Crippen molar-refractivity contribution in [2.75, 3.05) is 15.8 Å². The second-order valence-corrected chi connectivity index (χ2v) is 9.64. The summed E-state index contributed by atoms with van der Waals surface area (Å²) in [6.45, 7) is 0. The third-order valence-corrected chi connectivity index (χ3v) is 6.99. The zero-order chi connectivity index (χ0) is 21.6. The van der Waals surface area contributed by atoms with Crippen LogP contribution in [0.15, 0.2) is 71.9 Å². The first-order valence-corrected chi connectivity index (χ1v) is 12.1. The molecule has 30 heavy (non-hydrogen) atoms. The Morgan fingerprint density at radius 1 is 1.00 bits per heavy atom. The van der Waals surface area contributed by atoms with Gasteiger partial charge in [0, 0.05) is 17.6 Å². The van der Waals surface area contributed by atoms with E-state index in [9.17, 15) is 13.2 Å². The lowest BCUT2D eigenvalue weighted by Crippen LogP contribution is -2.15. The van der Waals surface area contributed by atoms with Crippen LogP contribution in [-0.4, -0.2) is 25.1 Å². The highest BCUT2D eigenvalue weighted by Crippen LogP contribution is 2.25. The molecule has 0 aliphatic carbocycles. The van der Waals surface area contributed by atoms with Crippen LogP contribution in [0.25, 0.3) is 0 Å². The summed E-state index contributed by atoms with van der Waals surface area (Å²) in [4.78, 5) is 16.1. The van der Waals surface area contributed by atoms with Gasteiger partial charge in [0.05, 0.1) is 32.6 Å². The maximum absolute atomic E-state index is 12.4. The highest BCUT2D eigenvalue weighted by molar-refractivity contribution is 7.99. The number of hydrogen-bond donors (Lipinski definition) is 2. The van der Waals surface area contributed by atoms with E-state index in [-0.39, 0.29) is 16.6 Å². The number of anilines is 2. The third-order valence-electron chi connectivity index (χ3n) is 3.85. The molecular weight excluding hydrogens is 465 g/mol. The van der Waals surface area contributed by atoms with E-state index in [2.05, 4.69) is 15.0 Å². The molecule has 0 saturated heterocycles. The number of sulfonamides is 1. The normalized spacial score (nSPS) is 11.1. The standard InChI is InChI=1S/C20H17Cl2N3O3S2/c21-18-8-3-14(10-19(18)22)12-29-13-20(26)24-15-4-6-17(7-5-15)30(27,28)25-16-2-1-9-23-11-16/h1-11,25H,12-13H2,(H,24,26). The van der Waals surface area contributed by atoms with Gasteiger partial charge in [-0.2, -0.15) is 0 Å². The molecule has 0 bridgehead atoms. The Hall–Kier alpha value is -2.26. The van der Waals surface area contributed by atoms with Gasteiger partial charge in [-0.05, 0) is 54.1 Å². The summed E-state index contributed by atoms with van der Waals surface area (Å²) in [7, 11) is -3.74. The van der Waals surface area contributed by atoms with Crippen molar-refractivity contribution in [1.82, 2.24) is 4.98 Å². The Morgan fingerprint density at radius 2 is 1.77 bits per heavy atom. The van der Waals surface area contributed by atoms with Crippen molar-refractivity contribution >= 4 is 62.3 Å². The van der Waals surface area contributed by atoms with E-state index in [0.29, 0.717) is 27.2 Å². The predicted molar refractivity (Wildman–Crippen MR) is 123 cm³/mol. The smallest absolute Gasteiger partial charge is 0.261 e. The summed E-state index contributed by atoms with van der Waals surface area (Å²) < 4.78 is 27.3. The molecule has 10 heteroatoms. The lowest BCUT2D eigenvalue weighted by atomic mass is 10.2. The number of thioether (sulfide) groups is 1. The van der Waals surface area contributed by atoms with Gasteiger partial charge in [0.2, 0.25) is 5.91 Å². The van der Waals surface area contributed by atoms with E-state index in [0.717, 1.165) is 5.56 Å². The quantitative estimate of drug-likeness (QED) is 0.469. The Labute approximate surface area is 189 Å². The number of nitrogens with zero attached hydrogens (tertiary/aromatic N) is 1. The average Bonchev–Trinajstić information content (AvgIpc) is 2.71. The highest BCUT2D eigenvalue weighted by atomic mass is 35.5. The molecule has 0 radical (unpaired) electrons. The van der Waals surface area contributed by atoms with Gasteiger partial charge in [0.15, 0.2) is 0 Å². The monoisotopic (exact) mass is 481 g/mol. The van der Waals surface area contributed by atoms with E-state index in [1.54, 1.807) is 42.6 Å². The number of hydrogen-bond acceptors (Lipinski definition) is 5. The number of halogens is 2. The molecule has 0 atom stereocenters. The minimum atomic E-state index is -3.74. The van der Waals surface area contributed by atoms with Crippen LogP contribution in [-0.2, 0) is 20.6 Å². The molecule has 2 aromatic carbocycles. The number of carbonyl (C=O) groups excluding carboxylic acids is 1. The minimum absolute atomic E-state index is 0.0818. The van der Waals surface area contributed by atoms with Gasteiger partial charge < -0.3 is 5.32 Å². The van der Waals surface area contributed by atoms with Crippen molar-refractivity contribution in [3.8, 4) is 0 Å². The molecule has 0 saturated carbocycles. The van der Waals surface area contributed by atoms with E-state index in [1.807, 2.05) is 6.07 Å². The topological polar surface area (TPSA) is 88.2 Å². The first kappa shape index (κ1) is 22.4. The van der Waals surface area contributed by atoms with Crippen LogP contribution in [0.3, 0.4) is 0 Å². The fourth-order valence-electron chi connectivity index (χ4n) is 2.44. The fourth-order valence-corrected chi connectivity index (χ4v) is 4.58. The number of carbonyl (C=O) groups is 1. The molecule has 6 nitrogen and oxygen atoms in total. The molecule has 1 aromatic heterocycles. The first-order valence-electron chi connectivity index (χ1n) is 8.68. The molecule has 0 aliphatic heterocycles. The molecule has 0 fully saturated rings. The van der Waals surface area contributed by atoms with E-state index >= 15 is 0 Å². The van der Waals surface area contributed by atoms with Crippen molar-refractivity contribution in [2.24, 2.45) is 0 Å². The van der Waals surface area contributed by atoms with Gasteiger partial charge in [0.25, 0.3) is 10.0 Å². The number of benzene rings is 2. The van der Waals surface area contributed by atoms with Gasteiger partial charge in [-0.25, -0.2) is 8.42 Å². The van der Waals surface area contributed by atoms with Gasteiger partial charge in [-0.15, -0.1) is 11.8 Å². The Bertz CT molecular complexity index is 1130. The first-order chi connectivity index (χ1) is 14.3. The number of amides is 1. The van der Waals surface area contributed by atoms with Crippen LogP contribution >= 0.6 is 35.0 Å². The summed E-state index contributed by atoms with van der Waals surface area (Å²) in [6.07, 6.45) is 2.97. The molecule has 2 N–H and O–H groups in total. The van der Waals surface area contributed by atoms with Gasteiger partial charge >= 0.3 is 0 Å². The largest absolute Gasteiger partial charge is 0.325 e. The summed E-state index contributed by atoms with van der Waals surface area (Å²) in [5, 5.41) is 3.71. The molecule has 0 spiro atoms. The predicted octanol–water partition coefficient (Wildman–Crippen LogP) is 5.06. The van der Waals surface area contributed by atoms with E-state index in [1.165, 1.54) is 30.1 Å². The van der Waals surface area contributed by atoms with Gasteiger partial charge in [-0.3, -0.25) is 14.5 Å². The van der Waals surface area contributed by atoms with Crippen LogP contribution in [0.1, 0.15) is 5.56 Å². The molecule has 0 aliphatic rings. The second kappa shape index (κ2) is 10.2. The van der Waals surface area contributed by atoms with Gasteiger partial charge in [-0.1, -0.05) is 29.3 Å². The molecule has 3 rings (SSSR count). The Kier molecular flexibility index (Phi) is 7.60. The molecule has 156 valence electrons. The summed E-state index contributed by atoms with van der Waals surface area (Å²) in [5.41, 5.74) is 1.85. The number of rotatable bonds is 8.